The highest BCUT2D eigenvalue weighted by Gasteiger charge is 2.16. The molecule has 0 saturated carbocycles. The van der Waals surface area contributed by atoms with Gasteiger partial charge in [0.2, 0.25) is 0 Å². The lowest BCUT2D eigenvalue weighted by molar-refractivity contribution is 0.887. The molecular weight excluding hydrogens is 154 g/mol. The molecule has 1 aliphatic carbocycles. The number of nitrogens with zero attached hydrogens (tertiary/aromatic N) is 1. The summed E-state index contributed by atoms with van der Waals surface area (Å²) in [5.41, 5.74) is 8.18. The number of nitrogens with two attached hydrogens (primary N) is 1. The second-order valence-electron chi connectivity index (χ2n) is 3.00. The van der Waals surface area contributed by atoms with Gasteiger partial charge in [0.25, 0.3) is 0 Å². The minimum absolute atomic E-state index is 0.267. The van der Waals surface area contributed by atoms with Crippen molar-refractivity contribution in [2.45, 2.75) is 25.8 Å². The summed E-state index contributed by atoms with van der Waals surface area (Å²) in [5.74, 6) is 0. The van der Waals surface area contributed by atoms with Crippen LogP contribution in [0.15, 0.2) is 4.79 Å². The highest BCUT2D eigenvalue weighted by molar-refractivity contribution is 5.28. The van der Waals surface area contributed by atoms with E-state index in [2.05, 4.69) is 9.97 Å². The maximum atomic E-state index is 11.0. The van der Waals surface area contributed by atoms with Crippen LogP contribution < -0.4 is 11.4 Å². The molecule has 0 spiro atoms. The molecule has 0 aromatic carbocycles. The molecule has 2 rings (SSSR count). The normalized spacial score (nSPS) is 14.8. The summed E-state index contributed by atoms with van der Waals surface area (Å²) in [5, 5.41) is 0. The standard InChI is InChI=1S/C8H11N3O/c9-4-7-5-2-1-3-6(5)10-8(12)11-7/h1-4,9H2,(H,10,11,12). The number of aromatic amines is 1. The lowest BCUT2D eigenvalue weighted by atomic mass is 10.2. The third-order valence-corrected chi connectivity index (χ3v) is 2.25. The van der Waals surface area contributed by atoms with E-state index in [1.807, 2.05) is 0 Å². The van der Waals surface area contributed by atoms with E-state index in [9.17, 15) is 4.79 Å². The van der Waals surface area contributed by atoms with Gasteiger partial charge < -0.3 is 10.7 Å². The Labute approximate surface area is 69.8 Å². The van der Waals surface area contributed by atoms with Crippen LogP contribution in [0.4, 0.5) is 0 Å². The second kappa shape index (κ2) is 2.71. The lowest BCUT2D eigenvalue weighted by Gasteiger charge is -2.02. The van der Waals surface area contributed by atoms with Crippen molar-refractivity contribution in [2.75, 3.05) is 0 Å². The van der Waals surface area contributed by atoms with Gasteiger partial charge in [0.15, 0.2) is 0 Å². The molecule has 4 heteroatoms. The fraction of sp³-hybridized carbons (Fsp3) is 0.500. The third kappa shape index (κ3) is 1.04. The highest BCUT2D eigenvalue weighted by atomic mass is 16.1. The van der Waals surface area contributed by atoms with E-state index in [-0.39, 0.29) is 5.69 Å². The van der Waals surface area contributed by atoms with Crippen LogP contribution in [0.1, 0.15) is 23.4 Å². The van der Waals surface area contributed by atoms with Gasteiger partial charge in [-0.1, -0.05) is 0 Å². The summed E-state index contributed by atoms with van der Waals surface area (Å²) in [6, 6.07) is 0. The summed E-state index contributed by atoms with van der Waals surface area (Å²) in [4.78, 5) is 17.6. The monoisotopic (exact) mass is 165 g/mol. The Hall–Kier alpha value is -1.16. The summed E-state index contributed by atoms with van der Waals surface area (Å²) in [6.45, 7) is 0.367. The summed E-state index contributed by atoms with van der Waals surface area (Å²) < 4.78 is 0. The van der Waals surface area contributed by atoms with Crippen molar-refractivity contribution < 1.29 is 0 Å². The van der Waals surface area contributed by atoms with Crippen molar-refractivity contribution in [3.63, 3.8) is 0 Å². The largest absolute Gasteiger partial charge is 0.345 e. The van der Waals surface area contributed by atoms with Crippen molar-refractivity contribution >= 4 is 0 Å². The number of H-pyrrole nitrogens is 1. The number of nitrogens with one attached hydrogen (secondary N) is 1. The number of hydrogen-bond donors (Lipinski definition) is 2. The molecule has 0 saturated heterocycles. The summed E-state index contributed by atoms with van der Waals surface area (Å²) in [7, 11) is 0. The Morgan fingerprint density at radius 2 is 2.33 bits per heavy atom. The predicted molar refractivity (Wildman–Crippen MR) is 44.8 cm³/mol. The zero-order chi connectivity index (χ0) is 8.55. The first-order valence-corrected chi connectivity index (χ1v) is 4.12. The highest BCUT2D eigenvalue weighted by Crippen LogP contribution is 2.20. The first-order valence-electron chi connectivity index (χ1n) is 4.12. The topological polar surface area (TPSA) is 71.8 Å². The van der Waals surface area contributed by atoms with E-state index in [1.165, 1.54) is 0 Å². The molecule has 3 N–H and O–H groups in total. The molecule has 4 nitrogen and oxygen atoms in total. The molecule has 0 aliphatic heterocycles. The molecule has 1 aromatic rings. The Morgan fingerprint density at radius 1 is 1.50 bits per heavy atom. The van der Waals surface area contributed by atoms with Crippen molar-refractivity contribution in [1.82, 2.24) is 9.97 Å². The van der Waals surface area contributed by atoms with Crippen LogP contribution in [0.25, 0.3) is 0 Å². The number of hydrogen-bond acceptors (Lipinski definition) is 3. The number of aryl methyl sites for hydroxylation is 1. The van der Waals surface area contributed by atoms with Gasteiger partial charge >= 0.3 is 5.69 Å². The molecule has 1 heterocycles. The Balaban J connectivity index is 2.62. The van der Waals surface area contributed by atoms with Crippen LogP contribution in [-0.2, 0) is 19.4 Å². The molecule has 0 fully saturated rings. The Morgan fingerprint density at radius 3 is 3.08 bits per heavy atom. The number of aromatic nitrogens is 2. The Kier molecular flexibility index (Phi) is 1.69. The van der Waals surface area contributed by atoms with Crippen LogP contribution in [0.5, 0.6) is 0 Å². The number of rotatable bonds is 1. The zero-order valence-corrected chi connectivity index (χ0v) is 6.76. The molecule has 0 radical (unpaired) electrons. The maximum absolute atomic E-state index is 11.0. The SMILES string of the molecule is NCc1nc(=O)[nH]c2c1CCC2. The first kappa shape index (κ1) is 7.49. The summed E-state index contributed by atoms with van der Waals surface area (Å²) in [6.07, 6.45) is 3.07. The predicted octanol–water partition coefficient (Wildman–Crippen LogP) is -0.283. The fourth-order valence-electron chi connectivity index (χ4n) is 1.72. The van der Waals surface area contributed by atoms with Gasteiger partial charge in [0, 0.05) is 12.2 Å². The van der Waals surface area contributed by atoms with Crippen molar-refractivity contribution in [1.29, 1.82) is 0 Å². The van der Waals surface area contributed by atoms with Crippen molar-refractivity contribution in [3.8, 4) is 0 Å². The van der Waals surface area contributed by atoms with Gasteiger partial charge in [-0.15, -0.1) is 0 Å². The molecule has 12 heavy (non-hydrogen) atoms. The molecule has 0 unspecified atom stereocenters. The smallest absolute Gasteiger partial charge is 0.325 e. The molecular formula is C8H11N3O. The van der Waals surface area contributed by atoms with Crippen LogP contribution >= 0.6 is 0 Å². The zero-order valence-electron chi connectivity index (χ0n) is 6.76. The second-order valence-corrected chi connectivity index (χ2v) is 3.00. The van der Waals surface area contributed by atoms with E-state index in [1.54, 1.807) is 0 Å². The van der Waals surface area contributed by atoms with Crippen molar-refractivity contribution in [3.05, 3.63) is 27.4 Å². The van der Waals surface area contributed by atoms with Crippen LogP contribution in [-0.4, -0.2) is 9.97 Å². The van der Waals surface area contributed by atoms with E-state index in [0.717, 1.165) is 36.2 Å². The molecule has 1 aliphatic rings. The first-order chi connectivity index (χ1) is 5.81. The third-order valence-electron chi connectivity index (χ3n) is 2.25. The van der Waals surface area contributed by atoms with Gasteiger partial charge in [0.1, 0.15) is 0 Å². The van der Waals surface area contributed by atoms with Gasteiger partial charge in [-0.3, -0.25) is 0 Å². The molecule has 1 aromatic heterocycles. The van der Waals surface area contributed by atoms with Crippen molar-refractivity contribution in [2.24, 2.45) is 5.73 Å². The van der Waals surface area contributed by atoms with Gasteiger partial charge in [-0.05, 0) is 24.8 Å². The molecule has 0 atom stereocenters. The Bertz CT molecular complexity index is 356. The quantitative estimate of drug-likeness (QED) is 0.601. The van der Waals surface area contributed by atoms with Gasteiger partial charge in [-0.2, -0.15) is 4.98 Å². The van der Waals surface area contributed by atoms with Gasteiger partial charge in [0.05, 0.1) is 5.69 Å². The molecule has 0 amide bonds. The van der Waals surface area contributed by atoms with Crippen LogP contribution in [0.2, 0.25) is 0 Å². The average Bonchev–Trinajstić information content (AvgIpc) is 2.50. The van der Waals surface area contributed by atoms with E-state index >= 15 is 0 Å². The van der Waals surface area contributed by atoms with E-state index in [0.29, 0.717) is 6.54 Å². The minimum atomic E-state index is -0.267. The fourth-order valence-corrected chi connectivity index (χ4v) is 1.72. The van der Waals surface area contributed by atoms with E-state index in [4.69, 9.17) is 5.73 Å². The minimum Gasteiger partial charge on any atom is -0.325 e. The lowest BCUT2D eigenvalue weighted by Crippen LogP contribution is -2.18. The van der Waals surface area contributed by atoms with Crippen LogP contribution in [0.3, 0.4) is 0 Å². The van der Waals surface area contributed by atoms with E-state index < -0.39 is 0 Å². The number of fused-ring (bicyclic) bond motifs is 1. The average molecular weight is 165 g/mol. The summed E-state index contributed by atoms with van der Waals surface area (Å²) >= 11 is 0. The molecule has 64 valence electrons. The van der Waals surface area contributed by atoms with Gasteiger partial charge in [-0.25, -0.2) is 4.79 Å². The maximum Gasteiger partial charge on any atom is 0.345 e. The van der Waals surface area contributed by atoms with Crippen LogP contribution in [0, 0.1) is 0 Å². The molecule has 0 bridgehead atoms.